The highest BCUT2D eigenvalue weighted by molar-refractivity contribution is 5.71. The molecule has 0 radical (unpaired) electrons. The summed E-state index contributed by atoms with van der Waals surface area (Å²) in [6.45, 7) is 6.51. The first kappa shape index (κ1) is 70.4. The van der Waals surface area contributed by atoms with Crippen LogP contribution in [-0.2, 0) is 28.6 Å². The highest BCUT2D eigenvalue weighted by Gasteiger charge is 2.19. The third kappa shape index (κ3) is 60.1. The van der Waals surface area contributed by atoms with Crippen LogP contribution >= 0.6 is 0 Å². The van der Waals surface area contributed by atoms with E-state index < -0.39 is 6.10 Å². The molecular weight excluding hydrogens is 901 g/mol. The Morgan fingerprint density at radius 3 is 0.849 bits per heavy atom. The van der Waals surface area contributed by atoms with Crippen LogP contribution in [-0.4, -0.2) is 37.2 Å². The van der Waals surface area contributed by atoms with Gasteiger partial charge in [0.15, 0.2) is 6.10 Å². The lowest BCUT2D eigenvalue weighted by Crippen LogP contribution is -2.30. The molecule has 0 aliphatic carbocycles. The van der Waals surface area contributed by atoms with Crippen LogP contribution in [0.5, 0.6) is 0 Å². The van der Waals surface area contributed by atoms with Gasteiger partial charge in [-0.3, -0.25) is 14.4 Å². The lowest BCUT2D eigenvalue weighted by Gasteiger charge is -2.18. The second-order valence-corrected chi connectivity index (χ2v) is 21.6. The summed E-state index contributed by atoms with van der Waals surface area (Å²) in [5, 5.41) is 0. The minimum absolute atomic E-state index is 0.0766. The lowest BCUT2D eigenvalue weighted by atomic mass is 10.0. The Bertz CT molecular complexity index is 1270. The van der Waals surface area contributed by atoms with Crippen molar-refractivity contribution in [3.05, 3.63) is 48.6 Å². The molecule has 0 saturated heterocycles. The Morgan fingerprint density at radius 2 is 0.534 bits per heavy atom. The largest absolute Gasteiger partial charge is 0.462 e. The quantitative estimate of drug-likeness (QED) is 0.0261. The number of carbonyl (C=O) groups is 3. The number of hydrogen-bond acceptors (Lipinski definition) is 6. The molecule has 1 unspecified atom stereocenters. The van der Waals surface area contributed by atoms with E-state index in [0.717, 1.165) is 96.3 Å². The fraction of sp³-hybridized carbons (Fsp3) is 0.836. The van der Waals surface area contributed by atoms with Gasteiger partial charge in [-0.15, -0.1) is 0 Å². The molecule has 0 amide bonds. The average molecular weight is 1020 g/mol. The lowest BCUT2D eigenvalue weighted by molar-refractivity contribution is -0.167. The number of allylic oxidation sites excluding steroid dienone is 8. The van der Waals surface area contributed by atoms with Crippen LogP contribution in [0.25, 0.3) is 0 Å². The van der Waals surface area contributed by atoms with Gasteiger partial charge in [0.05, 0.1) is 0 Å². The molecule has 0 heterocycles. The van der Waals surface area contributed by atoms with Crippen molar-refractivity contribution in [3.63, 3.8) is 0 Å². The maximum Gasteiger partial charge on any atom is 0.306 e. The Balaban J connectivity index is 3.95. The molecule has 0 rings (SSSR count). The molecule has 6 heteroatoms. The number of unbranched alkanes of at least 4 members (excludes halogenated alkanes) is 40. The molecule has 0 aromatic heterocycles. The molecular formula is C67H122O6. The first-order chi connectivity index (χ1) is 36.0. The highest BCUT2D eigenvalue weighted by Crippen LogP contribution is 2.17. The molecule has 6 nitrogen and oxygen atoms in total. The monoisotopic (exact) mass is 1020 g/mol. The summed E-state index contributed by atoms with van der Waals surface area (Å²) in [6, 6.07) is 0. The van der Waals surface area contributed by atoms with Crippen molar-refractivity contribution in [1.29, 1.82) is 0 Å². The Labute approximate surface area is 454 Å². The van der Waals surface area contributed by atoms with Crippen LogP contribution in [0.4, 0.5) is 0 Å². The van der Waals surface area contributed by atoms with E-state index in [4.69, 9.17) is 14.2 Å². The molecule has 73 heavy (non-hydrogen) atoms. The standard InChI is InChI=1S/C67H122O6/c1-4-7-10-13-16-18-20-22-24-25-26-27-28-29-30-31-32-33-34-35-36-37-38-39-40-41-43-44-46-48-51-54-57-60-66(69)72-63-64(62-71-65(68)59-56-53-50-15-12-9-6-3)73-67(70)61-58-55-52-49-47-45-42-23-21-19-17-14-11-8-5-2/h8,11,17,19,23,25-26,42,64H,4-7,9-10,12-16,18,20-22,24,27-41,43-63H2,1-3H3/b11-8-,19-17-,26-25-,42-23-. The Morgan fingerprint density at radius 1 is 0.288 bits per heavy atom. The predicted octanol–water partition coefficient (Wildman–Crippen LogP) is 21.8. The molecule has 0 saturated carbocycles. The van der Waals surface area contributed by atoms with Crippen LogP contribution in [0.15, 0.2) is 48.6 Å². The SMILES string of the molecule is CC/C=C\C/C=C\C/C=C\CCCCCCCC(=O)OC(COC(=O)CCCCCCCCC)COC(=O)CCCCCCCCCCCCCCCCCCCCCCC/C=C\CCCCCCCCCC. The van der Waals surface area contributed by atoms with Crippen molar-refractivity contribution < 1.29 is 28.6 Å². The number of rotatable bonds is 59. The summed E-state index contributed by atoms with van der Waals surface area (Å²) in [5.74, 6) is -0.885. The molecule has 0 bridgehead atoms. The number of hydrogen-bond donors (Lipinski definition) is 0. The van der Waals surface area contributed by atoms with E-state index in [-0.39, 0.29) is 31.1 Å². The van der Waals surface area contributed by atoms with Gasteiger partial charge in [-0.1, -0.05) is 294 Å². The van der Waals surface area contributed by atoms with Crippen molar-refractivity contribution in [2.45, 2.75) is 348 Å². The zero-order valence-corrected chi connectivity index (χ0v) is 48.9. The number of ether oxygens (including phenoxy) is 3. The topological polar surface area (TPSA) is 78.9 Å². The maximum atomic E-state index is 12.8. The molecule has 426 valence electrons. The van der Waals surface area contributed by atoms with Gasteiger partial charge in [0.1, 0.15) is 13.2 Å². The smallest absolute Gasteiger partial charge is 0.306 e. The molecule has 0 aliphatic heterocycles. The van der Waals surface area contributed by atoms with Gasteiger partial charge in [-0.2, -0.15) is 0 Å². The minimum Gasteiger partial charge on any atom is -0.462 e. The van der Waals surface area contributed by atoms with Gasteiger partial charge >= 0.3 is 17.9 Å². The van der Waals surface area contributed by atoms with Gasteiger partial charge in [0.2, 0.25) is 0 Å². The second-order valence-electron chi connectivity index (χ2n) is 21.6. The average Bonchev–Trinajstić information content (AvgIpc) is 3.39. The van der Waals surface area contributed by atoms with Crippen LogP contribution in [0.2, 0.25) is 0 Å². The molecule has 0 spiro atoms. The van der Waals surface area contributed by atoms with Crippen molar-refractivity contribution in [3.8, 4) is 0 Å². The first-order valence-electron chi connectivity index (χ1n) is 32.1. The van der Waals surface area contributed by atoms with E-state index in [9.17, 15) is 14.4 Å². The summed E-state index contributed by atoms with van der Waals surface area (Å²) >= 11 is 0. The highest BCUT2D eigenvalue weighted by atomic mass is 16.6. The number of carbonyl (C=O) groups excluding carboxylic acids is 3. The summed E-state index contributed by atoms with van der Waals surface area (Å²) in [4.78, 5) is 38.0. The van der Waals surface area contributed by atoms with E-state index in [1.807, 2.05) is 0 Å². The van der Waals surface area contributed by atoms with Gasteiger partial charge in [-0.05, 0) is 77.0 Å². The summed E-state index contributed by atoms with van der Waals surface area (Å²) in [7, 11) is 0. The molecule has 0 fully saturated rings. The first-order valence-corrected chi connectivity index (χ1v) is 32.1. The molecule has 0 N–H and O–H groups in total. The Kier molecular flexibility index (Phi) is 59.7. The van der Waals surface area contributed by atoms with E-state index >= 15 is 0 Å². The van der Waals surface area contributed by atoms with E-state index in [1.54, 1.807) is 0 Å². The fourth-order valence-corrected chi connectivity index (χ4v) is 9.51. The van der Waals surface area contributed by atoms with E-state index in [1.165, 1.54) is 205 Å². The van der Waals surface area contributed by atoms with Crippen LogP contribution in [0, 0.1) is 0 Å². The zero-order valence-electron chi connectivity index (χ0n) is 48.9. The normalized spacial score (nSPS) is 12.3. The Hall–Kier alpha value is -2.63. The minimum atomic E-state index is -0.777. The van der Waals surface area contributed by atoms with Crippen molar-refractivity contribution in [2.75, 3.05) is 13.2 Å². The summed E-state index contributed by atoms with van der Waals surface area (Å²) in [5.41, 5.74) is 0. The summed E-state index contributed by atoms with van der Waals surface area (Å²) < 4.78 is 16.8. The van der Waals surface area contributed by atoms with Crippen molar-refractivity contribution in [1.82, 2.24) is 0 Å². The van der Waals surface area contributed by atoms with Crippen molar-refractivity contribution in [2.24, 2.45) is 0 Å². The molecule has 0 aliphatic rings. The van der Waals surface area contributed by atoms with Crippen LogP contribution < -0.4 is 0 Å². The van der Waals surface area contributed by atoms with Gasteiger partial charge in [0, 0.05) is 19.3 Å². The molecule has 0 aromatic rings. The van der Waals surface area contributed by atoms with E-state index in [2.05, 4.69) is 69.4 Å². The molecule has 1 atom stereocenters. The van der Waals surface area contributed by atoms with Gasteiger partial charge in [-0.25, -0.2) is 0 Å². The zero-order chi connectivity index (χ0) is 52.9. The fourth-order valence-electron chi connectivity index (χ4n) is 9.51. The van der Waals surface area contributed by atoms with Gasteiger partial charge < -0.3 is 14.2 Å². The van der Waals surface area contributed by atoms with Crippen LogP contribution in [0.1, 0.15) is 342 Å². The predicted molar refractivity (Wildman–Crippen MR) is 316 cm³/mol. The number of esters is 3. The second kappa shape index (κ2) is 61.9. The van der Waals surface area contributed by atoms with E-state index in [0.29, 0.717) is 19.3 Å². The maximum absolute atomic E-state index is 12.8. The van der Waals surface area contributed by atoms with Crippen molar-refractivity contribution >= 4 is 17.9 Å². The summed E-state index contributed by atoms with van der Waals surface area (Å²) in [6.07, 6.45) is 77.5. The third-order valence-corrected chi connectivity index (χ3v) is 14.3. The van der Waals surface area contributed by atoms with Crippen LogP contribution in [0.3, 0.4) is 0 Å². The van der Waals surface area contributed by atoms with Gasteiger partial charge in [0.25, 0.3) is 0 Å². The third-order valence-electron chi connectivity index (χ3n) is 14.3. The molecule has 0 aromatic carbocycles.